The minimum Gasteiger partial charge on any atom is -0.370 e. The maximum atomic E-state index is 13.0. The molecule has 0 atom stereocenters. The quantitative estimate of drug-likeness (QED) is 0.717. The van der Waals surface area contributed by atoms with E-state index in [0.29, 0.717) is 24.1 Å². The Morgan fingerprint density at radius 2 is 1.89 bits per heavy atom. The van der Waals surface area contributed by atoms with Gasteiger partial charge in [0.15, 0.2) is 0 Å². The number of carbonyl (C=O) groups is 1. The van der Waals surface area contributed by atoms with Crippen molar-refractivity contribution in [3.05, 3.63) is 40.5 Å². The molecule has 2 amide bonds. The average molecular weight is 403 g/mol. The Hall–Kier alpha value is -2.38. The predicted octanol–water partition coefficient (Wildman–Crippen LogP) is 3.56. The van der Waals surface area contributed by atoms with Crippen LogP contribution in [-0.4, -0.2) is 61.2 Å². The molecule has 7 nitrogen and oxygen atoms in total. The Morgan fingerprint density at radius 1 is 1.14 bits per heavy atom. The van der Waals surface area contributed by atoms with Crippen molar-refractivity contribution in [1.29, 1.82) is 0 Å². The van der Waals surface area contributed by atoms with Gasteiger partial charge in [0.25, 0.3) is 0 Å². The highest BCUT2D eigenvalue weighted by molar-refractivity contribution is 6.31. The highest BCUT2D eigenvalue weighted by Gasteiger charge is 2.32. The number of rotatable bonds is 7. The number of nitrogens with one attached hydrogen (secondary N) is 1. The number of hydrogen-bond donors (Lipinski definition) is 1. The van der Waals surface area contributed by atoms with Crippen LogP contribution in [0.2, 0.25) is 5.02 Å². The maximum Gasteiger partial charge on any atom is 0.331 e. The van der Waals surface area contributed by atoms with E-state index in [-0.39, 0.29) is 6.03 Å². The topological polar surface area (TPSA) is 64.6 Å². The molecule has 8 heteroatoms. The standard InChI is InChI=1S/C20H27ClN6O/c1-14-12-16(6-7-17(14)21)26-10-11-27(20(26)28)19-23-15(2)13-18(24-19)22-8-5-9-25(3)4/h6-7,12-13H,5,8-11H2,1-4H3,(H,22,23,24). The van der Waals surface area contributed by atoms with E-state index in [1.165, 1.54) is 0 Å². The van der Waals surface area contributed by atoms with Crippen LogP contribution in [0.4, 0.5) is 22.2 Å². The summed E-state index contributed by atoms with van der Waals surface area (Å²) in [6.45, 7) is 6.80. The molecule has 28 heavy (non-hydrogen) atoms. The molecule has 1 N–H and O–H groups in total. The van der Waals surface area contributed by atoms with Gasteiger partial charge in [0, 0.05) is 42.1 Å². The van der Waals surface area contributed by atoms with Gasteiger partial charge < -0.3 is 10.2 Å². The fourth-order valence-corrected chi connectivity index (χ4v) is 3.25. The van der Waals surface area contributed by atoms with Crippen LogP contribution in [0.5, 0.6) is 0 Å². The Labute approximate surface area is 171 Å². The molecule has 0 spiro atoms. The van der Waals surface area contributed by atoms with E-state index in [2.05, 4.69) is 34.3 Å². The van der Waals surface area contributed by atoms with Gasteiger partial charge in [-0.25, -0.2) is 9.78 Å². The number of urea groups is 1. The Kier molecular flexibility index (Phi) is 6.36. The van der Waals surface area contributed by atoms with Gasteiger partial charge in [-0.15, -0.1) is 0 Å². The van der Waals surface area contributed by atoms with Gasteiger partial charge in [-0.05, 0) is 64.7 Å². The van der Waals surface area contributed by atoms with Gasteiger partial charge in [-0.1, -0.05) is 11.6 Å². The van der Waals surface area contributed by atoms with Gasteiger partial charge in [0.05, 0.1) is 0 Å². The third-order valence-corrected chi connectivity index (χ3v) is 5.06. The summed E-state index contributed by atoms with van der Waals surface area (Å²) in [7, 11) is 4.11. The van der Waals surface area contributed by atoms with Crippen LogP contribution in [0, 0.1) is 13.8 Å². The second-order valence-corrected chi connectivity index (χ2v) is 7.70. The number of aromatic nitrogens is 2. The summed E-state index contributed by atoms with van der Waals surface area (Å²) in [6, 6.07) is 7.40. The lowest BCUT2D eigenvalue weighted by atomic mass is 10.2. The number of carbonyl (C=O) groups excluding carboxylic acids is 1. The number of anilines is 3. The molecule has 0 saturated carbocycles. The molecule has 1 aliphatic rings. The van der Waals surface area contributed by atoms with Gasteiger partial charge in [0.2, 0.25) is 5.95 Å². The second-order valence-electron chi connectivity index (χ2n) is 7.30. The Balaban J connectivity index is 1.72. The maximum absolute atomic E-state index is 13.0. The third-order valence-electron chi connectivity index (χ3n) is 4.63. The van der Waals surface area contributed by atoms with Crippen LogP contribution in [-0.2, 0) is 0 Å². The van der Waals surface area contributed by atoms with Gasteiger partial charge >= 0.3 is 6.03 Å². The van der Waals surface area contributed by atoms with Crippen molar-refractivity contribution in [2.75, 3.05) is 55.4 Å². The fraction of sp³-hybridized carbons (Fsp3) is 0.450. The van der Waals surface area contributed by atoms with E-state index in [1.54, 1.807) is 9.80 Å². The van der Waals surface area contributed by atoms with Crippen LogP contribution in [0.1, 0.15) is 17.7 Å². The van der Waals surface area contributed by atoms with E-state index in [9.17, 15) is 4.79 Å². The lowest BCUT2D eigenvalue weighted by Crippen LogP contribution is -2.33. The molecular formula is C20H27ClN6O. The van der Waals surface area contributed by atoms with Gasteiger partial charge in [-0.2, -0.15) is 4.98 Å². The lowest BCUT2D eigenvalue weighted by molar-refractivity contribution is 0.255. The molecule has 0 aliphatic carbocycles. The van der Waals surface area contributed by atoms with E-state index >= 15 is 0 Å². The van der Waals surface area contributed by atoms with Crippen molar-refractivity contribution >= 4 is 35.1 Å². The van der Waals surface area contributed by atoms with Crippen molar-refractivity contribution in [2.45, 2.75) is 20.3 Å². The first-order valence-electron chi connectivity index (χ1n) is 9.44. The summed E-state index contributed by atoms with van der Waals surface area (Å²) in [6.07, 6.45) is 1.01. The number of amides is 2. The third kappa shape index (κ3) is 4.72. The van der Waals surface area contributed by atoms with E-state index in [0.717, 1.165) is 42.3 Å². The summed E-state index contributed by atoms with van der Waals surface area (Å²) >= 11 is 6.11. The average Bonchev–Trinajstić information content (AvgIpc) is 3.02. The number of halogens is 1. The first-order chi connectivity index (χ1) is 13.3. The molecule has 2 heterocycles. The smallest absolute Gasteiger partial charge is 0.331 e. The molecule has 0 radical (unpaired) electrons. The summed E-state index contributed by atoms with van der Waals surface area (Å²) in [4.78, 5) is 27.5. The van der Waals surface area contributed by atoms with E-state index in [4.69, 9.17) is 11.6 Å². The van der Waals surface area contributed by atoms with Crippen molar-refractivity contribution in [2.24, 2.45) is 0 Å². The molecule has 2 aromatic rings. The van der Waals surface area contributed by atoms with Crippen molar-refractivity contribution < 1.29 is 4.79 Å². The zero-order valence-electron chi connectivity index (χ0n) is 16.9. The van der Waals surface area contributed by atoms with Crippen LogP contribution in [0.15, 0.2) is 24.3 Å². The van der Waals surface area contributed by atoms with Crippen LogP contribution < -0.4 is 15.1 Å². The fourth-order valence-electron chi connectivity index (χ4n) is 3.13. The highest BCUT2D eigenvalue weighted by atomic mass is 35.5. The van der Waals surface area contributed by atoms with Gasteiger partial charge in [0.1, 0.15) is 5.82 Å². The summed E-state index contributed by atoms with van der Waals surface area (Å²) in [5.74, 6) is 1.18. The normalized spacial score (nSPS) is 14.3. The molecule has 150 valence electrons. The number of nitrogens with zero attached hydrogens (tertiary/aromatic N) is 5. The van der Waals surface area contributed by atoms with Crippen LogP contribution in [0.3, 0.4) is 0 Å². The zero-order valence-corrected chi connectivity index (χ0v) is 17.6. The van der Waals surface area contributed by atoms with Crippen molar-refractivity contribution in [3.8, 4) is 0 Å². The Bertz CT molecular complexity index is 857. The summed E-state index contributed by atoms with van der Waals surface area (Å²) in [5, 5.41) is 4.03. The monoisotopic (exact) mass is 402 g/mol. The van der Waals surface area contributed by atoms with Crippen LogP contribution in [0.25, 0.3) is 0 Å². The SMILES string of the molecule is Cc1cc(NCCCN(C)C)nc(N2CCN(c3ccc(Cl)c(C)c3)C2=O)n1. The minimum absolute atomic E-state index is 0.120. The summed E-state index contributed by atoms with van der Waals surface area (Å²) in [5.41, 5.74) is 2.61. The molecule has 1 aromatic heterocycles. The lowest BCUT2D eigenvalue weighted by Gasteiger charge is -2.19. The van der Waals surface area contributed by atoms with Crippen LogP contribution >= 0.6 is 11.6 Å². The highest BCUT2D eigenvalue weighted by Crippen LogP contribution is 2.27. The Morgan fingerprint density at radius 3 is 2.61 bits per heavy atom. The first kappa shape index (κ1) is 20.4. The second kappa shape index (κ2) is 8.75. The number of hydrogen-bond acceptors (Lipinski definition) is 5. The first-order valence-corrected chi connectivity index (χ1v) is 9.82. The largest absolute Gasteiger partial charge is 0.370 e. The van der Waals surface area contributed by atoms with E-state index < -0.39 is 0 Å². The molecule has 1 aliphatic heterocycles. The van der Waals surface area contributed by atoms with E-state index in [1.807, 2.05) is 38.1 Å². The molecule has 1 aromatic carbocycles. The molecule has 3 rings (SSSR count). The molecular weight excluding hydrogens is 376 g/mol. The van der Waals surface area contributed by atoms with Gasteiger partial charge in [-0.3, -0.25) is 9.80 Å². The number of benzene rings is 1. The van der Waals surface area contributed by atoms with Crippen molar-refractivity contribution in [1.82, 2.24) is 14.9 Å². The zero-order chi connectivity index (χ0) is 20.3. The molecule has 1 fully saturated rings. The molecule has 0 unspecified atom stereocenters. The molecule has 0 bridgehead atoms. The summed E-state index contributed by atoms with van der Waals surface area (Å²) < 4.78 is 0. The number of aryl methyl sites for hydroxylation is 2. The molecule has 1 saturated heterocycles. The minimum atomic E-state index is -0.120. The van der Waals surface area contributed by atoms with Crippen molar-refractivity contribution in [3.63, 3.8) is 0 Å². The predicted molar refractivity (Wildman–Crippen MR) is 115 cm³/mol.